The summed E-state index contributed by atoms with van der Waals surface area (Å²) in [5.41, 5.74) is 0.736. The van der Waals surface area contributed by atoms with E-state index in [9.17, 15) is 14.9 Å². The largest absolute Gasteiger partial charge is 0.490 e. The van der Waals surface area contributed by atoms with Crippen molar-refractivity contribution in [3.05, 3.63) is 28.3 Å². The zero-order chi connectivity index (χ0) is 14.7. The van der Waals surface area contributed by atoms with E-state index < -0.39 is 4.92 Å². The molecule has 0 bridgehead atoms. The number of carbonyl (C=O) groups is 1. The second-order valence-electron chi connectivity index (χ2n) is 4.61. The minimum atomic E-state index is -0.450. The van der Waals surface area contributed by atoms with E-state index in [4.69, 9.17) is 4.74 Å². The lowest BCUT2D eigenvalue weighted by molar-refractivity contribution is -0.385. The number of nitro benzene ring substituents is 1. The number of benzene rings is 1. The maximum atomic E-state index is 11.3. The summed E-state index contributed by atoms with van der Waals surface area (Å²) in [6.07, 6.45) is 0. The average molecular weight is 279 g/mol. The highest BCUT2D eigenvalue weighted by Crippen LogP contribution is 2.31. The van der Waals surface area contributed by atoms with Crippen molar-refractivity contribution in [1.82, 2.24) is 4.90 Å². The Bertz CT molecular complexity index is 524. The van der Waals surface area contributed by atoms with Crippen LogP contribution in [0.1, 0.15) is 6.92 Å². The zero-order valence-electron chi connectivity index (χ0n) is 11.5. The molecular weight excluding hydrogens is 262 g/mol. The third-order valence-electron chi connectivity index (χ3n) is 3.45. The van der Waals surface area contributed by atoms with Crippen LogP contribution in [-0.2, 0) is 4.79 Å². The van der Waals surface area contributed by atoms with Crippen molar-refractivity contribution in [2.75, 3.05) is 38.2 Å². The second kappa shape index (κ2) is 5.77. The van der Waals surface area contributed by atoms with E-state index in [1.165, 1.54) is 13.2 Å². The van der Waals surface area contributed by atoms with Crippen molar-refractivity contribution in [2.45, 2.75) is 6.92 Å². The first-order valence-corrected chi connectivity index (χ1v) is 6.36. The van der Waals surface area contributed by atoms with E-state index in [1.54, 1.807) is 24.0 Å². The van der Waals surface area contributed by atoms with E-state index in [1.807, 2.05) is 4.90 Å². The number of nitrogens with zero attached hydrogens (tertiary/aromatic N) is 3. The van der Waals surface area contributed by atoms with Gasteiger partial charge in [0.2, 0.25) is 5.91 Å². The zero-order valence-corrected chi connectivity index (χ0v) is 11.5. The molecule has 0 atom stereocenters. The first-order valence-electron chi connectivity index (χ1n) is 6.36. The minimum absolute atomic E-state index is 0.0426. The Morgan fingerprint density at radius 2 is 1.95 bits per heavy atom. The van der Waals surface area contributed by atoms with Crippen LogP contribution >= 0.6 is 0 Å². The predicted octanol–water partition coefficient (Wildman–Crippen LogP) is 1.27. The number of rotatable bonds is 3. The third-order valence-corrected chi connectivity index (χ3v) is 3.45. The molecule has 7 nitrogen and oxygen atoms in total. The van der Waals surface area contributed by atoms with Crippen LogP contribution in [0.3, 0.4) is 0 Å². The Hall–Kier alpha value is -2.31. The first kappa shape index (κ1) is 14.1. The van der Waals surface area contributed by atoms with Gasteiger partial charge in [0.25, 0.3) is 0 Å². The quantitative estimate of drug-likeness (QED) is 0.615. The van der Waals surface area contributed by atoms with Crippen molar-refractivity contribution in [3.8, 4) is 5.75 Å². The van der Waals surface area contributed by atoms with Crippen LogP contribution in [0, 0.1) is 10.1 Å². The lowest BCUT2D eigenvalue weighted by Gasteiger charge is -2.35. The van der Waals surface area contributed by atoms with Crippen LogP contribution in [0.25, 0.3) is 0 Å². The summed E-state index contributed by atoms with van der Waals surface area (Å²) < 4.78 is 4.98. The number of amides is 1. The highest BCUT2D eigenvalue weighted by atomic mass is 16.6. The SMILES string of the molecule is COc1ccc(N2CCN(C(C)=O)CC2)cc1[N+](=O)[O-]. The average Bonchev–Trinajstić information content (AvgIpc) is 2.46. The molecule has 1 amide bonds. The van der Waals surface area contributed by atoms with Gasteiger partial charge in [0.1, 0.15) is 0 Å². The van der Waals surface area contributed by atoms with E-state index in [2.05, 4.69) is 0 Å². The number of nitro groups is 1. The molecule has 0 spiro atoms. The molecule has 1 aromatic carbocycles. The molecule has 0 unspecified atom stereocenters. The summed E-state index contributed by atoms with van der Waals surface area (Å²) in [4.78, 5) is 25.6. The molecule has 0 aromatic heterocycles. The second-order valence-corrected chi connectivity index (χ2v) is 4.61. The van der Waals surface area contributed by atoms with Crippen molar-refractivity contribution in [1.29, 1.82) is 0 Å². The summed E-state index contributed by atoms with van der Waals surface area (Å²) in [5, 5.41) is 11.0. The maximum absolute atomic E-state index is 11.3. The molecule has 0 aliphatic carbocycles. The molecule has 2 rings (SSSR count). The predicted molar refractivity (Wildman–Crippen MR) is 74.1 cm³/mol. The molecule has 1 fully saturated rings. The number of ether oxygens (including phenoxy) is 1. The Morgan fingerprint density at radius 1 is 1.30 bits per heavy atom. The van der Waals surface area contributed by atoms with E-state index in [0.717, 1.165) is 5.69 Å². The molecule has 1 aliphatic rings. The van der Waals surface area contributed by atoms with Crippen molar-refractivity contribution >= 4 is 17.3 Å². The third kappa shape index (κ3) is 2.81. The fraction of sp³-hybridized carbons (Fsp3) is 0.462. The van der Waals surface area contributed by atoms with Gasteiger partial charge in [-0.25, -0.2) is 0 Å². The van der Waals surface area contributed by atoms with Gasteiger partial charge in [0.15, 0.2) is 5.75 Å². The van der Waals surface area contributed by atoms with Gasteiger partial charge in [0.05, 0.1) is 12.0 Å². The molecule has 0 radical (unpaired) electrons. The van der Waals surface area contributed by atoms with Gasteiger partial charge in [0, 0.05) is 44.9 Å². The summed E-state index contributed by atoms with van der Waals surface area (Å²) in [6, 6.07) is 4.92. The topological polar surface area (TPSA) is 75.9 Å². The number of hydrogen-bond donors (Lipinski definition) is 0. The van der Waals surface area contributed by atoms with Gasteiger partial charge in [-0.2, -0.15) is 0 Å². The minimum Gasteiger partial charge on any atom is -0.490 e. The molecule has 1 aromatic rings. The molecule has 1 saturated heterocycles. The molecule has 1 heterocycles. The smallest absolute Gasteiger partial charge is 0.312 e. The Balaban J connectivity index is 2.16. The summed E-state index contributed by atoms with van der Waals surface area (Å²) in [7, 11) is 1.41. The van der Waals surface area contributed by atoms with Gasteiger partial charge < -0.3 is 14.5 Å². The normalized spacial score (nSPS) is 15.1. The van der Waals surface area contributed by atoms with Crippen molar-refractivity contribution in [2.24, 2.45) is 0 Å². The molecule has 7 heteroatoms. The lowest BCUT2D eigenvalue weighted by atomic mass is 10.2. The number of carbonyl (C=O) groups excluding carboxylic acids is 1. The Labute approximate surface area is 116 Å². The monoisotopic (exact) mass is 279 g/mol. The standard InChI is InChI=1S/C13H17N3O4/c1-10(17)14-5-7-15(8-6-14)11-3-4-13(20-2)12(9-11)16(18)19/h3-4,9H,5-8H2,1-2H3. The van der Waals surface area contributed by atoms with Crippen LogP contribution in [0.15, 0.2) is 18.2 Å². The first-order chi connectivity index (χ1) is 9.52. The number of methoxy groups -OCH3 is 1. The molecule has 108 valence electrons. The van der Waals surface area contributed by atoms with Gasteiger partial charge in [-0.15, -0.1) is 0 Å². The van der Waals surface area contributed by atoms with Crippen LogP contribution in [-0.4, -0.2) is 49.0 Å². The van der Waals surface area contributed by atoms with E-state index in [0.29, 0.717) is 26.2 Å². The van der Waals surface area contributed by atoms with Crippen LogP contribution in [0.2, 0.25) is 0 Å². The van der Waals surface area contributed by atoms with Gasteiger partial charge >= 0.3 is 5.69 Å². The summed E-state index contributed by atoms with van der Waals surface area (Å²) >= 11 is 0. The number of anilines is 1. The van der Waals surface area contributed by atoms with E-state index in [-0.39, 0.29) is 17.3 Å². The van der Waals surface area contributed by atoms with Gasteiger partial charge in [-0.05, 0) is 12.1 Å². The summed E-state index contributed by atoms with van der Waals surface area (Å²) in [6.45, 7) is 4.16. The van der Waals surface area contributed by atoms with Crippen LogP contribution < -0.4 is 9.64 Å². The Kier molecular flexibility index (Phi) is 4.07. The molecule has 0 N–H and O–H groups in total. The highest BCUT2D eigenvalue weighted by Gasteiger charge is 2.22. The maximum Gasteiger partial charge on any atom is 0.312 e. The number of piperazine rings is 1. The van der Waals surface area contributed by atoms with Crippen LogP contribution in [0.5, 0.6) is 5.75 Å². The molecule has 20 heavy (non-hydrogen) atoms. The fourth-order valence-electron chi connectivity index (χ4n) is 2.30. The van der Waals surface area contributed by atoms with Crippen molar-refractivity contribution in [3.63, 3.8) is 0 Å². The summed E-state index contributed by atoms with van der Waals surface area (Å²) in [5.74, 6) is 0.312. The van der Waals surface area contributed by atoms with E-state index >= 15 is 0 Å². The Morgan fingerprint density at radius 3 is 2.45 bits per heavy atom. The molecular formula is C13H17N3O4. The number of hydrogen-bond acceptors (Lipinski definition) is 5. The van der Waals surface area contributed by atoms with Gasteiger partial charge in [-0.3, -0.25) is 14.9 Å². The lowest BCUT2D eigenvalue weighted by Crippen LogP contribution is -2.48. The fourth-order valence-corrected chi connectivity index (χ4v) is 2.30. The van der Waals surface area contributed by atoms with Crippen LogP contribution in [0.4, 0.5) is 11.4 Å². The van der Waals surface area contributed by atoms with Crippen molar-refractivity contribution < 1.29 is 14.5 Å². The highest BCUT2D eigenvalue weighted by molar-refractivity contribution is 5.73. The van der Waals surface area contributed by atoms with Gasteiger partial charge in [-0.1, -0.05) is 0 Å². The molecule has 1 aliphatic heterocycles. The molecule has 0 saturated carbocycles.